The SMILES string of the molecule is BrCCN(CCBr)CCCCN(CCBr)CCBr. The van der Waals surface area contributed by atoms with Gasteiger partial charge in [0.25, 0.3) is 0 Å². The average Bonchev–Trinajstić information content (AvgIpc) is 2.35. The third-order valence-electron chi connectivity index (χ3n) is 2.80. The third kappa shape index (κ3) is 11.6. The van der Waals surface area contributed by atoms with Gasteiger partial charge in [-0.1, -0.05) is 63.7 Å². The van der Waals surface area contributed by atoms with Crippen molar-refractivity contribution in [1.29, 1.82) is 0 Å². The smallest absolute Gasteiger partial charge is 0.0159 e. The molecule has 0 aliphatic carbocycles. The van der Waals surface area contributed by atoms with Crippen LogP contribution in [0.3, 0.4) is 0 Å². The molecule has 0 aromatic carbocycles. The van der Waals surface area contributed by atoms with Crippen molar-refractivity contribution in [1.82, 2.24) is 9.80 Å². The number of rotatable bonds is 13. The summed E-state index contributed by atoms with van der Waals surface area (Å²) in [5.41, 5.74) is 0. The molecule has 0 radical (unpaired) electrons. The van der Waals surface area contributed by atoms with Crippen molar-refractivity contribution in [2.45, 2.75) is 12.8 Å². The van der Waals surface area contributed by atoms with E-state index in [-0.39, 0.29) is 0 Å². The molecule has 0 saturated carbocycles. The molecule has 0 bridgehead atoms. The summed E-state index contributed by atoms with van der Waals surface area (Å²) in [6.07, 6.45) is 2.59. The van der Waals surface area contributed by atoms with Gasteiger partial charge in [-0.2, -0.15) is 0 Å². The molecule has 0 aromatic rings. The molecule has 0 aliphatic rings. The Morgan fingerprint density at radius 2 is 0.722 bits per heavy atom. The van der Waals surface area contributed by atoms with Crippen molar-refractivity contribution in [2.75, 3.05) is 60.6 Å². The Morgan fingerprint density at radius 3 is 0.944 bits per heavy atom. The summed E-state index contributed by atoms with van der Waals surface area (Å²) >= 11 is 14.1. The first-order valence-electron chi connectivity index (χ1n) is 6.47. The molecule has 110 valence electrons. The lowest BCUT2D eigenvalue weighted by molar-refractivity contribution is 0.271. The van der Waals surface area contributed by atoms with Gasteiger partial charge < -0.3 is 9.80 Å². The number of nitrogens with zero attached hydrogens (tertiary/aromatic N) is 2. The van der Waals surface area contributed by atoms with E-state index in [9.17, 15) is 0 Å². The van der Waals surface area contributed by atoms with Crippen LogP contribution >= 0.6 is 63.7 Å². The summed E-state index contributed by atoms with van der Waals surface area (Å²) in [5.74, 6) is 0. The summed E-state index contributed by atoms with van der Waals surface area (Å²) in [7, 11) is 0. The molecule has 0 aromatic heterocycles. The van der Waals surface area contributed by atoms with E-state index in [4.69, 9.17) is 0 Å². The molecule has 18 heavy (non-hydrogen) atoms. The van der Waals surface area contributed by atoms with Crippen LogP contribution in [-0.4, -0.2) is 70.4 Å². The predicted octanol–water partition coefficient (Wildman–Crippen LogP) is 3.95. The largest absolute Gasteiger partial charge is 0.302 e. The van der Waals surface area contributed by atoms with Crippen molar-refractivity contribution < 1.29 is 0 Å². The summed E-state index contributed by atoms with van der Waals surface area (Å²) in [6.45, 7) is 7.04. The van der Waals surface area contributed by atoms with Gasteiger partial charge in [0, 0.05) is 47.5 Å². The lowest BCUT2D eigenvalue weighted by Crippen LogP contribution is -2.31. The van der Waals surface area contributed by atoms with E-state index in [2.05, 4.69) is 73.5 Å². The topological polar surface area (TPSA) is 6.48 Å². The molecule has 0 N–H and O–H groups in total. The zero-order valence-electron chi connectivity index (χ0n) is 10.9. The highest BCUT2D eigenvalue weighted by atomic mass is 79.9. The average molecular weight is 516 g/mol. The number of alkyl halides is 4. The molecule has 0 amide bonds. The lowest BCUT2D eigenvalue weighted by Gasteiger charge is -2.22. The van der Waals surface area contributed by atoms with Gasteiger partial charge in [0.2, 0.25) is 0 Å². The molecule has 0 unspecified atom stereocenters. The minimum atomic E-state index is 1.07. The van der Waals surface area contributed by atoms with Crippen molar-refractivity contribution >= 4 is 63.7 Å². The van der Waals surface area contributed by atoms with Gasteiger partial charge in [-0.3, -0.25) is 0 Å². The second kappa shape index (κ2) is 15.2. The van der Waals surface area contributed by atoms with Crippen molar-refractivity contribution in [3.8, 4) is 0 Å². The number of hydrogen-bond donors (Lipinski definition) is 0. The summed E-state index contributed by atoms with van der Waals surface area (Å²) in [4.78, 5) is 5.03. The van der Waals surface area contributed by atoms with Crippen LogP contribution in [0.25, 0.3) is 0 Å². The maximum absolute atomic E-state index is 3.52. The fourth-order valence-electron chi connectivity index (χ4n) is 1.82. The Kier molecular flexibility index (Phi) is 16.8. The fourth-order valence-corrected chi connectivity index (χ4v) is 3.83. The second-order valence-corrected chi connectivity index (χ2v) is 7.32. The van der Waals surface area contributed by atoms with Crippen molar-refractivity contribution in [3.63, 3.8) is 0 Å². The van der Waals surface area contributed by atoms with E-state index in [1.807, 2.05) is 0 Å². The number of unbranched alkanes of at least 4 members (excludes halogenated alkanes) is 1. The molecule has 0 heterocycles. The van der Waals surface area contributed by atoms with Crippen LogP contribution < -0.4 is 0 Å². The predicted molar refractivity (Wildman–Crippen MR) is 97.3 cm³/mol. The molecular weight excluding hydrogens is 492 g/mol. The molecule has 0 atom stereocenters. The maximum atomic E-state index is 3.52. The van der Waals surface area contributed by atoms with Crippen LogP contribution in [0.5, 0.6) is 0 Å². The van der Waals surface area contributed by atoms with E-state index < -0.39 is 0 Å². The van der Waals surface area contributed by atoms with Gasteiger partial charge in [0.1, 0.15) is 0 Å². The van der Waals surface area contributed by atoms with Gasteiger partial charge >= 0.3 is 0 Å². The van der Waals surface area contributed by atoms with Gasteiger partial charge in [-0.25, -0.2) is 0 Å². The van der Waals surface area contributed by atoms with Crippen LogP contribution in [-0.2, 0) is 0 Å². The Labute approximate surface area is 146 Å². The molecule has 6 heteroatoms. The molecular formula is C12H24Br4N2. The first-order valence-corrected chi connectivity index (χ1v) is 11.0. The van der Waals surface area contributed by atoms with E-state index >= 15 is 0 Å². The quantitative estimate of drug-likeness (QED) is 0.271. The molecule has 0 spiro atoms. The molecule has 0 fully saturated rings. The van der Waals surface area contributed by atoms with Crippen molar-refractivity contribution in [2.24, 2.45) is 0 Å². The fraction of sp³-hybridized carbons (Fsp3) is 1.00. The molecule has 0 saturated heterocycles. The minimum absolute atomic E-state index is 1.07. The second-order valence-electron chi connectivity index (χ2n) is 4.15. The summed E-state index contributed by atoms with van der Waals surface area (Å²) < 4.78 is 0. The highest BCUT2D eigenvalue weighted by Crippen LogP contribution is 2.02. The molecule has 0 aliphatic heterocycles. The maximum Gasteiger partial charge on any atom is 0.0159 e. The zero-order chi connectivity index (χ0) is 13.6. The van der Waals surface area contributed by atoms with Gasteiger partial charge in [0.05, 0.1) is 0 Å². The van der Waals surface area contributed by atoms with Crippen LogP contribution in [0.15, 0.2) is 0 Å². The first kappa shape index (κ1) is 19.8. The normalized spacial score (nSPS) is 11.7. The van der Waals surface area contributed by atoms with E-state index in [0.717, 1.165) is 47.5 Å². The highest BCUT2D eigenvalue weighted by Gasteiger charge is 2.05. The van der Waals surface area contributed by atoms with E-state index in [1.165, 1.54) is 25.9 Å². The van der Waals surface area contributed by atoms with Crippen LogP contribution in [0, 0.1) is 0 Å². The monoisotopic (exact) mass is 512 g/mol. The van der Waals surface area contributed by atoms with Gasteiger partial charge in [-0.05, 0) is 25.9 Å². The standard InChI is InChI=1S/C12H24Br4N2/c13-3-9-17(10-4-14)7-1-2-8-18(11-5-15)12-6-16/h1-12H2. The van der Waals surface area contributed by atoms with Crippen LogP contribution in [0.1, 0.15) is 12.8 Å². The molecule has 2 nitrogen and oxygen atoms in total. The zero-order valence-corrected chi connectivity index (χ0v) is 17.2. The van der Waals surface area contributed by atoms with E-state index in [1.54, 1.807) is 0 Å². The lowest BCUT2D eigenvalue weighted by atomic mass is 10.2. The number of hydrogen-bond acceptors (Lipinski definition) is 2. The van der Waals surface area contributed by atoms with Gasteiger partial charge in [-0.15, -0.1) is 0 Å². The third-order valence-corrected chi connectivity index (χ3v) is 4.22. The van der Waals surface area contributed by atoms with Gasteiger partial charge in [0.15, 0.2) is 0 Å². The Morgan fingerprint density at radius 1 is 0.444 bits per heavy atom. The highest BCUT2D eigenvalue weighted by molar-refractivity contribution is 9.09. The molecule has 0 rings (SSSR count). The first-order chi connectivity index (χ1) is 8.78. The number of halogens is 4. The van der Waals surface area contributed by atoms with Crippen LogP contribution in [0.4, 0.5) is 0 Å². The Bertz CT molecular complexity index is 142. The minimum Gasteiger partial charge on any atom is -0.302 e. The Balaban J connectivity index is 3.66. The Hall–Kier alpha value is 1.84. The summed E-state index contributed by atoms with van der Waals surface area (Å²) in [5, 5.41) is 4.27. The van der Waals surface area contributed by atoms with Crippen molar-refractivity contribution in [3.05, 3.63) is 0 Å². The van der Waals surface area contributed by atoms with E-state index in [0.29, 0.717) is 0 Å². The van der Waals surface area contributed by atoms with Crippen LogP contribution in [0.2, 0.25) is 0 Å². The summed E-state index contributed by atoms with van der Waals surface area (Å²) in [6, 6.07) is 0.